The molecule has 0 unspecified atom stereocenters. The van der Waals surface area contributed by atoms with Crippen molar-refractivity contribution in [3.63, 3.8) is 0 Å². The van der Waals surface area contributed by atoms with Gasteiger partial charge in [-0.2, -0.15) is 0 Å². The van der Waals surface area contributed by atoms with Crippen LogP contribution in [0.3, 0.4) is 0 Å². The Hall–Kier alpha value is -0.890. The number of aliphatic hydroxyl groups is 1. The zero-order chi connectivity index (χ0) is 13.9. The van der Waals surface area contributed by atoms with Crippen LogP contribution in [0.1, 0.15) is 45.4 Å². The molecule has 0 aromatic heterocycles. The molecule has 4 aliphatic carbocycles. The van der Waals surface area contributed by atoms with E-state index in [0.717, 1.165) is 25.2 Å². The van der Waals surface area contributed by atoms with Crippen molar-refractivity contribution in [3.8, 4) is 0 Å². The Kier molecular flexibility index (Phi) is 2.76. The molecule has 0 aromatic carbocycles. The lowest BCUT2D eigenvalue weighted by Crippen LogP contribution is -2.46. The Bertz CT molecular complexity index is 504. The average Bonchev–Trinajstić information content (AvgIpc) is 2.74. The van der Waals surface area contributed by atoms with Crippen molar-refractivity contribution in [2.24, 2.45) is 29.1 Å². The van der Waals surface area contributed by atoms with E-state index in [4.69, 9.17) is 0 Å². The van der Waals surface area contributed by atoms with Gasteiger partial charge in [0.05, 0.1) is 6.10 Å². The molecule has 1 N–H and O–H groups in total. The normalized spacial score (nSPS) is 50.2. The number of aliphatic hydroxyl groups excluding tert-OH is 1. The predicted molar refractivity (Wildman–Crippen MR) is 78.0 cm³/mol. The van der Waals surface area contributed by atoms with Gasteiger partial charge in [0, 0.05) is 12.3 Å². The fraction of sp³-hybridized carbons (Fsp3) is 0.722. The monoisotopic (exact) mass is 272 g/mol. The fourth-order valence-electron chi connectivity index (χ4n) is 5.70. The van der Waals surface area contributed by atoms with E-state index in [1.54, 1.807) is 0 Å². The molecule has 0 radical (unpaired) electrons. The highest BCUT2D eigenvalue weighted by atomic mass is 16.3. The fourth-order valence-corrected chi connectivity index (χ4v) is 5.70. The highest BCUT2D eigenvalue weighted by Gasteiger charge is 2.55. The first-order valence-corrected chi connectivity index (χ1v) is 8.17. The molecule has 108 valence electrons. The van der Waals surface area contributed by atoms with Gasteiger partial charge in [-0.1, -0.05) is 24.6 Å². The van der Waals surface area contributed by atoms with Crippen molar-refractivity contribution < 1.29 is 9.90 Å². The standard InChI is InChI=1S/C18H24O2/c1-18-9-8-14-13-5-3-12(19)10-11(13)2-4-15(14)16(18)6-7-17(18)20/h2-3,5,13-17,20H,4,6-10H2,1H3/t13-,14+,15+,16-,17-,18-/m0/s1. The summed E-state index contributed by atoms with van der Waals surface area (Å²) in [5.41, 5.74) is 1.53. The molecule has 2 fully saturated rings. The van der Waals surface area contributed by atoms with E-state index in [2.05, 4.69) is 19.1 Å². The summed E-state index contributed by atoms with van der Waals surface area (Å²) in [5, 5.41) is 10.4. The smallest absolute Gasteiger partial charge is 0.159 e. The SMILES string of the molecule is C[C@]12CC[C@H]3[C@@H](CC=C4CC(=O)C=C[C@@H]43)[C@@H]1CC[C@@H]2O. The van der Waals surface area contributed by atoms with Crippen molar-refractivity contribution in [1.82, 2.24) is 0 Å². The Balaban J connectivity index is 1.67. The molecule has 6 atom stereocenters. The minimum absolute atomic E-state index is 0.0951. The minimum Gasteiger partial charge on any atom is -0.393 e. The number of hydrogen-bond acceptors (Lipinski definition) is 2. The number of carbonyl (C=O) groups excluding carboxylic acids is 1. The van der Waals surface area contributed by atoms with Crippen LogP contribution in [0, 0.1) is 29.1 Å². The number of allylic oxidation sites excluding steroid dienone is 4. The van der Waals surface area contributed by atoms with E-state index in [1.165, 1.54) is 18.4 Å². The van der Waals surface area contributed by atoms with Gasteiger partial charge < -0.3 is 5.11 Å². The summed E-state index contributed by atoms with van der Waals surface area (Å²) in [6.07, 6.45) is 12.6. The Morgan fingerprint density at radius 2 is 2.10 bits per heavy atom. The third kappa shape index (κ3) is 1.64. The number of hydrogen-bond donors (Lipinski definition) is 1. The highest BCUT2D eigenvalue weighted by Crippen LogP contribution is 2.60. The lowest BCUT2D eigenvalue weighted by Gasteiger charge is -2.51. The van der Waals surface area contributed by atoms with E-state index in [1.807, 2.05) is 6.08 Å². The van der Waals surface area contributed by atoms with Crippen LogP contribution < -0.4 is 0 Å². The van der Waals surface area contributed by atoms with Gasteiger partial charge in [-0.3, -0.25) is 4.79 Å². The minimum atomic E-state index is -0.0951. The lowest BCUT2D eigenvalue weighted by molar-refractivity contribution is -0.114. The maximum atomic E-state index is 11.6. The highest BCUT2D eigenvalue weighted by molar-refractivity contribution is 5.93. The van der Waals surface area contributed by atoms with Crippen molar-refractivity contribution >= 4 is 5.78 Å². The Morgan fingerprint density at radius 1 is 1.25 bits per heavy atom. The number of rotatable bonds is 0. The molecule has 4 rings (SSSR count). The van der Waals surface area contributed by atoms with Gasteiger partial charge in [0.15, 0.2) is 5.78 Å². The zero-order valence-corrected chi connectivity index (χ0v) is 12.2. The molecule has 0 spiro atoms. The van der Waals surface area contributed by atoms with Gasteiger partial charge in [-0.05, 0) is 61.3 Å². The molecule has 0 aliphatic heterocycles. The lowest BCUT2D eigenvalue weighted by atomic mass is 9.53. The van der Waals surface area contributed by atoms with E-state index in [-0.39, 0.29) is 17.3 Å². The van der Waals surface area contributed by atoms with Crippen LogP contribution in [-0.2, 0) is 4.79 Å². The molecule has 0 bridgehead atoms. The van der Waals surface area contributed by atoms with Gasteiger partial charge in [-0.25, -0.2) is 0 Å². The maximum Gasteiger partial charge on any atom is 0.159 e. The quantitative estimate of drug-likeness (QED) is 0.687. The van der Waals surface area contributed by atoms with Crippen LogP contribution in [-0.4, -0.2) is 17.0 Å². The van der Waals surface area contributed by atoms with Crippen LogP contribution in [0.25, 0.3) is 0 Å². The molecule has 2 saturated carbocycles. The third-order valence-corrected chi connectivity index (χ3v) is 6.85. The summed E-state index contributed by atoms with van der Waals surface area (Å²) in [6.45, 7) is 2.31. The summed E-state index contributed by atoms with van der Waals surface area (Å²) in [6, 6.07) is 0. The van der Waals surface area contributed by atoms with Gasteiger partial charge in [-0.15, -0.1) is 0 Å². The van der Waals surface area contributed by atoms with Crippen molar-refractivity contribution in [1.29, 1.82) is 0 Å². The summed E-state index contributed by atoms with van der Waals surface area (Å²) < 4.78 is 0. The van der Waals surface area contributed by atoms with Crippen molar-refractivity contribution in [2.75, 3.05) is 0 Å². The zero-order valence-electron chi connectivity index (χ0n) is 12.2. The molecular formula is C18H24O2. The molecular weight excluding hydrogens is 248 g/mol. The summed E-state index contributed by atoms with van der Waals surface area (Å²) in [5.74, 6) is 2.89. The molecule has 2 nitrogen and oxygen atoms in total. The molecule has 0 heterocycles. The summed E-state index contributed by atoms with van der Waals surface area (Å²) in [4.78, 5) is 11.6. The summed E-state index contributed by atoms with van der Waals surface area (Å²) in [7, 11) is 0. The second kappa shape index (κ2) is 4.30. The number of ketones is 1. The van der Waals surface area contributed by atoms with Crippen LogP contribution in [0.15, 0.2) is 23.8 Å². The van der Waals surface area contributed by atoms with Gasteiger partial charge in [0.1, 0.15) is 0 Å². The van der Waals surface area contributed by atoms with Gasteiger partial charge in [0.25, 0.3) is 0 Å². The second-order valence-electron chi connectivity index (χ2n) is 7.61. The second-order valence-corrected chi connectivity index (χ2v) is 7.61. The summed E-state index contributed by atoms with van der Waals surface area (Å²) >= 11 is 0. The number of fused-ring (bicyclic) bond motifs is 5. The molecule has 2 heteroatoms. The third-order valence-electron chi connectivity index (χ3n) is 6.85. The predicted octanol–water partition coefficient (Wildman–Crippen LogP) is 3.27. The molecule has 0 aromatic rings. The first-order chi connectivity index (χ1) is 9.59. The molecule has 20 heavy (non-hydrogen) atoms. The molecule has 0 amide bonds. The largest absolute Gasteiger partial charge is 0.393 e. The van der Waals surface area contributed by atoms with Crippen molar-refractivity contribution in [2.45, 2.75) is 51.6 Å². The Labute approximate surface area is 120 Å². The Morgan fingerprint density at radius 3 is 2.95 bits per heavy atom. The van der Waals surface area contributed by atoms with Crippen LogP contribution >= 0.6 is 0 Å². The van der Waals surface area contributed by atoms with Crippen molar-refractivity contribution in [3.05, 3.63) is 23.8 Å². The maximum absolute atomic E-state index is 11.6. The van der Waals surface area contributed by atoms with Gasteiger partial charge in [0.2, 0.25) is 0 Å². The topological polar surface area (TPSA) is 37.3 Å². The van der Waals surface area contributed by atoms with Crippen LogP contribution in [0.2, 0.25) is 0 Å². The number of carbonyl (C=O) groups is 1. The molecule has 4 aliphatic rings. The molecule has 0 saturated heterocycles. The van der Waals surface area contributed by atoms with Crippen LogP contribution in [0.5, 0.6) is 0 Å². The van der Waals surface area contributed by atoms with E-state index < -0.39 is 0 Å². The first-order valence-electron chi connectivity index (χ1n) is 8.17. The van der Waals surface area contributed by atoms with E-state index in [9.17, 15) is 9.90 Å². The van der Waals surface area contributed by atoms with E-state index >= 15 is 0 Å². The van der Waals surface area contributed by atoms with Gasteiger partial charge >= 0.3 is 0 Å². The van der Waals surface area contributed by atoms with Crippen LogP contribution in [0.4, 0.5) is 0 Å². The average molecular weight is 272 g/mol. The van der Waals surface area contributed by atoms with E-state index in [0.29, 0.717) is 24.2 Å². The first kappa shape index (κ1) is 12.8.